The second-order valence-electron chi connectivity index (χ2n) is 4.98. The number of hydrogen-bond donors (Lipinski definition) is 2. The molecule has 0 spiro atoms. The number of rotatable bonds is 5. The van der Waals surface area contributed by atoms with E-state index in [1.165, 1.54) is 11.1 Å². The van der Waals surface area contributed by atoms with Crippen molar-refractivity contribution in [2.45, 2.75) is 13.8 Å². The zero-order valence-corrected chi connectivity index (χ0v) is 13.4. The molecule has 0 heterocycles. The molecule has 0 saturated carbocycles. The van der Waals surface area contributed by atoms with Gasteiger partial charge in [0.2, 0.25) is 0 Å². The molecular weight excluding hydrogens is 300 g/mol. The zero-order chi connectivity index (χ0) is 15.9. The van der Waals surface area contributed by atoms with Crippen LogP contribution in [0, 0.1) is 13.8 Å². The van der Waals surface area contributed by atoms with E-state index in [-0.39, 0.29) is 6.03 Å². The Balaban J connectivity index is 1.70. The standard InChI is InChI=1S/C17H19ClN2O2/c1-12-3-8-16(11-13(12)2)22-10-9-19-17(21)20-15-6-4-14(18)5-7-15/h3-8,11H,9-10H2,1-2H3,(H2,19,20,21). The average molecular weight is 319 g/mol. The first-order chi connectivity index (χ1) is 10.5. The maximum atomic E-state index is 11.7. The van der Waals surface area contributed by atoms with Gasteiger partial charge in [-0.05, 0) is 61.4 Å². The molecule has 2 aromatic rings. The van der Waals surface area contributed by atoms with Crippen LogP contribution in [0.25, 0.3) is 0 Å². The predicted molar refractivity (Wildman–Crippen MR) is 89.9 cm³/mol. The van der Waals surface area contributed by atoms with Crippen LogP contribution in [-0.2, 0) is 0 Å². The summed E-state index contributed by atoms with van der Waals surface area (Å²) in [5, 5.41) is 6.09. The van der Waals surface area contributed by atoms with Gasteiger partial charge in [0.25, 0.3) is 0 Å². The van der Waals surface area contributed by atoms with E-state index in [2.05, 4.69) is 17.6 Å². The topological polar surface area (TPSA) is 50.4 Å². The van der Waals surface area contributed by atoms with Gasteiger partial charge >= 0.3 is 6.03 Å². The minimum Gasteiger partial charge on any atom is -0.492 e. The van der Waals surface area contributed by atoms with Crippen molar-refractivity contribution in [1.29, 1.82) is 0 Å². The molecule has 0 aliphatic rings. The van der Waals surface area contributed by atoms with E-state index in [4.69, 9.17) is 16.3 Å². The largest absolute Gasteiger partial charge is 0.492 e. The van der Waals surface area contributed by atoms with Gasteiger partial charge in [-0.3, -0.25) is 0 Å². The fraction of sp³-hybridized carbons (Fsp3) is 0.235. The smallest absolute Gasteiger partial charge is 0.319 e. The minimum absolute atomic E-state index is 0.272. The molecular formula is C17H19ClN2O2. The van der Waals surface area contributed by atoms with Gasteiger partial charge in [0.15, 0.2) is 0 Å². The Morgan fingerprint density at radius 1 is 1.09 bits per heavy atom. The van der Waals surface area contributed by atoms with Crippen LogP contribution in [0.3, 0.4) is 0 Å². The van der Waals surface area contributed by atoms with Crippen LogP contribution < -0.4 is 15.4 Å². The van der Waals surface area contributed by atoms with E-state index in [9.17, 15) is 4.79 Å². The number of benzene rings is 2. The van der Waals surface area contributed by atoms with Crippen molar-refractivity contribution < 1.29 is 9.53 Å². The first kappa shape index (κ1) is 16.2. The Morgan fingerprint density at radius 2 is 1.82 bits per heavy atom. The lowest BCUT2D eigenvalue weighted by Crippen LogP contribution is -2.32. The van der Waals surface area contributed by atoms with Crippen molar-refractivity contribution in [2.75, 3.05) is 18.5 Å². The Morgan fingerprint density at radius 3 is 2.50 bits per heavy atom. The maximum absolute atomic E-state index is 11.7. The van der Waals surface area contributed by atoms with E-state index in [0.717, 1.165) is 5.75 Å². The number of ether oxygens (including phenoxy) is 1. The predicted octanol–water partition coefficient (Wildman–Crippen LogP) is 4.16. The maximum Gasteiger partial charge on any atom is 0.319 e. The van der Waals surface area contributed by atoms with Crippen LogP contribution in [0.5, 0.6) is 5.75 Å². The summed E-state index contributed by atoms with van der Waals surface area (Å²) >= 11 is 5.78. The van der Waals surface area contributed by atoms with Gasteiger partial charge in [0, 0.05) is 10.7 Å². The van der Waals surface area contributed by atoms with Crippen molar-refractivity contribution in [2.24, 2.45) is 0 Å². The second kappa shape index (κ2) is 7.71. The third kappa shape index (κ3) is 4.97. The van der Waals surface area contributed by atoms with Gasteiger partial charge in [0.1, 0.15) is 12.4 Å². The number of hydrogen-bond acceptors (Lipinski definition) is 2. The number of urea groups is 1. The molecule has 0 aromatic heterocycles. The zero-order valence-electron chi connectivity index (χ0n) is 12.7. The molecule has 4 nitrogen and oxygen atoms in total. The van der Waals surface area contributed by atoms with E-state index in [0.29, 0.717) is 23.9 Å². The molecule has 116 valence electrons. The van der Waals surface area contributed by atoms with Gasteiger partial charge in [-0.1, -0.05) is 17.7 Å². The summed E-state index contributed by atoms with van der Waals surface area (Å²) in [7, 11) is 0. The summed E-state index contributed by atoms with van der Waals surface area (Å²) in [6, 6.07) is 12.6. The fourth-order valence-electron chi connectivity index (χ4n) is 1.85. The summed E-state index contributed by atoms with van der Waals surface area (Å²) < 4.78 is 5.60. The molecule has 2 rings (SSSR count). The quantitative estimate of drug-likeness (QED) is 0.813. The van der Waals surface area contributed by atoms with E-state index in [1.807, 2.05) is 25.1 Å². The number of anilines is 1. The van der Waals surface area contributed by atoms with Crippen molar-refractivity contribution in [3.8, 4) is 5.75 Å². The molecule has 0 bridgehead atoms. The number of carbonyl (C=O) groups is 1. The fourth-order valence-corrected chi connectivity index (χ4v) is 1.97. The van der Waals surface area contributed by atoms with Crippen molar-refractivity contribution in [3.63, 3.8) is 0 Å². The minimum atomic E-state index is -0.272. The Labute approximate surface area is 135 Å². The Kier molecular flexibility index (Phi) is 5.67. The summed E-state index contributed by atoms with van der Waals surface area (Å²) in [4.78, 5) is 11.7. The average Bonchev–Trinajstić information content (AvgIpc) is 2.49. The highest BCUT2D eigenvalue weighted by Crippen LogP contribution is 2.16. The van der Waals surface area contributed by atoms with Crippen LogP contribution in [0.2, 0.25) is 5.02 Å². The molecule has 0 saturated heterocycles. The highest BCUT2D eigenvalue weighted by Gasteiger charge is 2.02. The van der Waals surface area contributed by atoms with Gasteiger partial charge in [-0.25, -0.2) is 4.79 Å². The lowest BCUT2D eigenvalue weighted by molar-refractivity contribution is 0.247. The van der Waals surface area contributed by atoms with Crippen LogP contribution in [0.4, 0.5) is 10.5 Å². The summed E-state index contributed by atoms with van der Waals surface area (Å²) in [6.07, 6.45) is 0. The van der Waals surface area contributed by atoms with Gasteiger partial charge < -0.3 is 15.4 Å². The Bertz CT molecular complexity index is 642. The summed E-state index contributed by atoms with van der Waals surface area (Å²) in [6.45, 7) is 4.94. The van der Waals surface area contributed by atoms with Gasteiger partial charge in [0.05, 0.1) is 6.54 Å². The third-order valence-corrected chi connectivity index (χ3v) is 3.49. The third-order valence-electron chi connectivity index (χ3n) is 3.24. The Hall–Kier alpha value is -2.20. The normalized spacial score (nSPS) is 10.1. The number of carbonyl (C=O) groups excluding carboxylic acids is 1. The van der Waals surface area contributed by atoms with E-state index in [1.54, 1.807) is 24.3 Å². The van der Waals surface area contributed by atoms with E-state index >= 15 is 0 Å². The monoisotopic (exact) mass is 318 g/mol. The molecule has 0 aliphatic heterocycles. The highest BCUT2D eigenvalue weighted by molar-refractivity contribution is 6.30. The molecule has 2 N–H and O–H groups in total. The van der Waals surface area contributed by atoms with Crippen LogP contribution in [0.1, 0.15) is 11.1 Å². The molecule has 2 amide bonds. The van der Waals surface area contributed by atoms with Crippen molar-refractivity contribution in [1.82, 2.24) is 5.32 Å². The van der Waals surface area contributed by atoms with Gasteiger partial charge in [-0.15, -0.1) is 0 Å². The molecule has 0 atom stereocenters. The molecule has 22 heavy (non-hydrogen) atoms. The molecule has 0 aliphatic carbocycles. The number of amides is 2. The van der Waals surface area contributed by atoms with Crippen LogP contribution in [-0.4, -0.2) is 19.2 Å². The van der Waals surface area contributed by atoms with Crippen LogP contribution >= 0.6 is 11.6 Å². The lowest BCUT2D eigenvalue weighted by atomic mass is 10.1. The molecule has 0 fully saturated rings. The first-order valence-corrected chi connectivity index (χ1v) is 7.43. The number of halogens is 1. The highest BCUT2D eigenvalue weighted by atomic mass is 35.5. The second-order valence-corrected chi connectivity index (χ2v) is 5.42. The molecule has 0 radical (unpaired) electrons. The molecule has 2 aromatic carbocycles. The van der Waals surface area contributed by atoms with Gasteiger partial charge in [-0.2, -0.15) is 0 Å². The van der Waals surface area contributed by atoms with E-state index < -0.39 is 0 Å². The lowest BCUT2D eigenvalue weighted by Gasteiger charge is -2.10. The van der Waals surface area contributed by atoms with Crippen LogP contribution in [0.15, 0.2) is 42.5 Å². The van der Waals surface area contributed by atoms with Crippen molar-refractivity contribution >= 4 is 23.3 Å². The SMILES string of the molecule is Cc1ccc(OCCNC(=O)Nc2ccc(Cl)cc2)cc1C. The number of nitrogens with one attached hydrogen (secondary N) is 2. The first-order valence-electron chi connectivity index (χ1n) is 7.05. The molecule has 5 heteroatoms. The summed E-state index contributed by atoms with van der Waals surface area (Å²) in [5.74, 6) is 0.808. The molecule has 0 unspecified atom stereocenters. The summed E-state index contributed by atoms with van der Waals surface area (Å²) in [5.41, 5.74) is 3.11. The number of aryl methyl sites for hydroxylation is 2. The van der Waals surface area contributed by atoms with Crippen molar-refractivity contribution in [3.05, 3.63) is 58.6 Å².